The van der Waals surface area contributed by atoms with Crippen LogP contribution < -0.4 is 11.1 Å². The van der Waals surface area contributed by atoms with E-state index in [0.717, 1.165) is 49.2 Å². The van der Waals surface area contributed by atoms with Crippen LogP contribution in [0.4, 0.5) is 5.69 Å². The van der Waals surface area contributed by atoms with Crippen molar-refractivity contribution < 1.29 is 9.21 Å². The van der Waals surface area contributed by atoms with E-state index in [1.165, 1.54) is 0 Å². The first-order chi connectivity index (χ1) is 10.7. The van der Waals surface area contributed by atoms with Crippen molar-refractivity contribution >= 4 is 11.6 Å². The lowest BCUT2D eigenvalue weighted by Crippen LogP contribution is -2.11. The Hall–Kier alpha value is -2.14. The van der Waals surface area contributed by atoms with E-state index in [-0.39, 0.29) is 5.91 Å². The first kappa shape index (κ1) is 16.2. The van der Waals surface area contributed by atoms with E-state index in [1.807, 2.05) is 31.2 Å². The average Bonchev–Trinajstić information content (AvgIpc) is 2.94. The second-order valence-corrected chi connectivity index (χ2v) is 5.32. The molecular formula is C17H23N3O2. The molecule has 1 aromatic heterocycles. The van der Waals surface area contributed by atoms with Crippen molar-refractivity contribution in [3.63, 3.8) is 0 Å². The summed E-state index contributed by atoms with van der Waals surface area (Å²) < 4.78 is 5.47. The molecule has 2 rings (SSSR count). The van der Waals surface area contributed by atoms with Crippen LogP contribution in [0.1, 0.15) is 38.0 Å². The quantitative estimate of drug-likeness (QED) is 0.731. The normalized spacial score (nSPS) is 10.6. The maximum Gasteiger partial charge on any atom is 0.224 e. The second kappa shape index (κ2) is 8.34. The molecule has 5 heteroatoms. The third-order valence-electron chi connectivity index (χ3n) is 3.43. The number of unbranched alkanes of at least 4 members (excludes halogenated alkanes) is 3. The van der Waals surface area contributed by atoms with Crippen molar-refractivity contribution in [2.75, 3.05) is 11.9 Å². The highest BCUT2D eigenvalue weighted by Gasteiger charge is 2.05. The molecule has 0 unspecified atom stereocenters. The molecule has 1 heterocycles. The van der Waals surface area contributed by atoms with E-state index in [2.05, 4.69) is 10.3 Å². The predicted molar refractivity (Wildman–Crippen MR) is 87.4 cm³/mol. The standard InChI is InChI=1S/C17H23N3O2/c1-13-19-12-16(22-13)14-7-9-15(10-8-14)20-17(21)6-4-2-3-5-11-18/h7-10,12H,2-6,11,18H2,1H3,(H,20,21). The van der Waals surface area contributed by atoms with Gasteiger partial charge in [0.15, 0.2) is 11.7 Å². The number of carbonyl (C=O) groups excluding carboxylic acids is 1. The fourth-order valence-electron chi connectivity index (χ4n) is 2.22. The van der Waals surface area contributed by atoms with Gasteiger partial charge in [-0.25, -0.2) is 4.98 Å². The van der Waals surface area contributed by atoms with Crippen molar-refractivity contribution in [3.05, 3.63) is 36.4 Å². The third-order valence-corrected chi connectivity index (χ3v) is 3.43. The largest absolute Gasteiger partial charge is 0.441 e. The van der Waals surface area contributed by atoms with E-state index < -0.39 is 0 Å². The number of benzene rings is 1. The zero-order valence-electron chi connectivity index (χ0n) is 13.0. The Kier molecular flexibility index (Phi) is 6.15. The molecular weight excluding hydrogens is 278 g/mol. The van der Waals surface area contributed by atoms with Crippen molar-refractivity contribution in [1.82, 2.24) is 4.98 Å². The summed E-state index contributed by atoms with van der Waals surface area (Å²) in [6.45, 7) is 2.54. The molecule has 118 valence electrons. The molecule has 2 aromatic rings. The highest BCUT2D eigenvalue weighted by Crippen LogP contribution is 2.22. The molecule has 0 aliphatic carbocycles. The Labute approximate surface area is 130 Å². The van der Waals surface area contributed by atoms with Gasteiger partial charge in [-0.1, -0.05) is 12.8 Å². The summed E-state index contributed by atoms with van der Waals surface area (Å²) in [6, 6.07) is 7.58. The fourth-order valence-corrected chi connectivity index (χ4v) is 2.22. The number of anilines is 1. The zero-order valence-corrected chi connectivity index (χ0v) is 13.0. The third kappa shape index (κ3) is 5.00. The maximum absolute atomic E-state index is 11.8. The Morgan fingerprint density at radius 3 is 2.55 bits per heavy atom. The SMILES string of the molecule is Cc1ncc(-c2ccc(NC(=O)CCCCCCN)cc2)o1. The van der Waals surface area contributed by atoms with Gasteiger partial charge in [-0.3, -0.25) is 4.79 Å². The molecule has 0 aliphatic heterocycles. The van der Waals surface area contributed by atoms with Crippen LogP contribution in [0.3, 0.4) is 0 Å². The van der Waals surface area contributed by atoms with E-state index in [0.29, 0.717) is 12.3 Å². The van der Waals surface area contributed by atoms with Gasteiger partial charge in [0.2, 0.25) is 5.91 Å². The number of hydrogen-bond acceptors (Lipinski definition) is 4. The molecule has 5 nitrogen and oxygen atoms in total. The van der Waals surface area contributed by atoms with Crippen molar-refractivity contribution in [3.8, 4) is 11.3 Å². The summed E-state index contributed by atoms with van der Waals surface area (Å²) >= 11 is 0. The number of nitrogens with one attached hydrogen (secondary N) is 1. The molecule has 0 aliphatic rings. The van der Waals surface area contributed by atoms with E-state index in [9.17, 15) is 4.79 Å². The molecule has 1 aromatic carbocycles. The van der Waals surface area contributed by atoms with Gasteiger partial charge in [0, 0.05) is 24.6 Å². The summed E-state index contributed by atoms with van der Waals surface area (Å²) in [5.74, 6) is 1.42. The van der Waals surface area contributed by atoms with Gasteiger partial charge in [0.25, 0.3) is 0 Å². The number of nitrogens with zero attached hydrogens (tertiary/aromatic N) is 1. The lowest BCUT2D eigenvalue weighted by molar-refractivity contribution is -0.116. The number of amides is 1. The number of aryl methyl sites for hydroxylation is 1. The van der Waals surface area contributed by atoms with Gasteiger partial charge in [0.05, 0.1) is 6.20 Å². The van der Waals surface area contributed by atoms with Crippen LogP contribution in [0.5, 0.6) is 0 Å². The minimum absolute atomic E-state index is 0.0519. The predicted octanol–water partition coefficient (Wildman–Crippen LogP) is 3.50. The molecule has 22 heavy (non-hydrogen) atoms. The Morgan fingerprint density at radius 1 is 1.18 bits per heavy atom. The molecule has 0 saturated carbocycles. The van der Waals surface area contributed by atoms with Crippen LogP contribution in [-0.4, -0.2) is 17.4 Å². The van der Waals surface area contributed by atoms with Gasteiger partial charge in [0.1, 0.15) is 0 Å². The Bertz CT molecular complexity index is 590. The fraction of sp³-hybridized carbons (Fsp3) is 0.412. The smallest absolute Gasteiger partial charge is 0.224 e. The monoisotopic (exact) mass is 301 g/mol. The highest BCUT2D eigenvalue weighted by molar-refractivity contribution is 5.90. The number of rotatable bonds is 8. The topological polar surface area (TPSA) is 81.2 Å². The van der Waals surface area contributed by atoms with Gasteiger partial charge < -0.3 is 15.5 Å². The summed E-state index contributed by atoms with van der Waals surface area (Å²) in [4.78, 5) is 15.9. The average molecular weight is 301 g/mol. The second-order valence-electron chi connectivity index (χ2n) is 5.32. The van der Waals surface area contributed by atoms with Crippen LogP contribution >= 0.6 is 0 Å². The van der Waals surface area contributed by atoms with E-state index in [1.54, 1.807) is 6.20 Å². The number of oxazole rings is 1. The van der Waals surface area contributed by atoms with Gasteiger partial charge in [-0.15, -0.1) is 0 Å². The molecule has 0 fully saturated rings. The Morgan fingerprint density at radius 2 is 1.91 bits per heavy atom. The zero-order chi connectivity index (χ0) is 15.8. The first-order valence-corrected chi connectivity index (χ1v) is 7.72. The molecule has 0 bridgehead atoms. The van der Waals surface area contributed by atoms with Crippen LogP contribution in [0.2, 0.25) is 0 Å². The highest BCUT2D eigenvalue weighted by atomic mass is 16.4. The van der Waals surface area contributed by atoms with Crippen LogP contribution in [-0.2, 0) is 4.79 Å². The van der Waals surface area contributed by atoms with Gasteiger partial charge in [-0.05, 0) is 43.7 Å². The number of carbonyl (C=O) groups is 1. The van der Waals surface area contributed by atoms with Crippen LogP contribution in [0.25, 0.3) is 11.3 Å². The minimum Gasteiger partial charge on any atom is -0.441 e. The molecule has 0 spiro atoms. The molecule has 3 N–H and O–H groups in total. The molecule has 0 saturated heterocycles. The number of nitrogens with two attached hydrogens (primary N) is 1. The summed E-state index contributed by atoms with van der Waals surface area (Å²) in [7, 11) is 0. The van der Waals surface area contributed by atoms with Gasteiger partial charge >= 0.3 is 0 Å². The number of aromatic nitrogens is 1. The van der Waals surface area contributed by atoms with Crippen LogP contribution in [0.15, 0.2) is 34.9 Å². The molecule has 1 amide bonds. The maximum atomic E-state index is 11.8. The van der Waals surface area contributed by atoms with E-state index in [4.69, 9.17) is 10.2 Å². The minimum atomic E-state index is 0.0519. The lowest BCUT2D eigenvalue weighted by Gasteiger charge is -2.06. The summed E-state index contributed by atoms with van der Waals surface area (Å²) in [5.41, 5.74) is 7.18. The van der Waals surface area contributed by atoms with E-state index >= 15 is 0 Å². The lowest BCUT2D eigenvalue weighted by atomic mass is 10.1. The van der Waals surface area contributed by atoms with Gasteiger partial charge in [-0.2, -0.15) is 0 Å². The summed E-state index contributed by atoms with van der Waals surface area (Å²) in [5, 5.41) is 2.91. The Balaban J connectivity index is 1.79. The molecule has 0 atom stereocenters. The van der Waals surface area contributed by atoms with Crippen molar-refractivity contribution in [2.45, 2.75) is 39.0 Å². The van der Waals surface area contributed by atoms with Crippen molar-refractivity contribution in [1.29, 1.82) is 0 Å². The molecule has 0 radical (unpaired) electrons. The number of hydrogen-bond donors (Lipinski definition) is 2. The van der Waals surface area contributed by atoms with Crippen LogP contribution in [0, 0.1) is 6.92 Å². The first-order valence-electron chi connectivity index (χ1n) is 7.72. The van der Waals surface area contributed by atoms with Crippen molar-refractivity contribution in [2.24, 2.45) is 5.73 Å². The summed E-state index contributed by atoms with van der Waals surface area (Å²) in [6.07, 6.45) is 6.33.